The second-order valence-electron chi connectivity index (χ2n) is 4.87. The summed E-state index contributed by atoms with van der Waals surface area (Å²) in [5.74, 6) is 0.284. The van der Waals surface area contributed by atoms with Crippen molar-refractivity contribution in [3.63, 3.8) is 0 Å². The molecule has 132 valence electrons. The molecule has 0 saturated heterocycles. The van der Waals surface area contributed by atoms with Crippen molar-refractivity contribution in [3.05, 3.63) is 56.6 Å². The summed E-state index contributed by atoms with van der Waals surface area (Å²) >= 11 is 11.9. The van der Waals surface area contributed by atoms with Crippen LogP contribution in [0.4, 0.5) is 11.4 Å². The van der Waals surface area contributed by atoms with E-state index in [2.05, 4.69) is 10.1 Å². The first-order chi connectivity index (χ1) is 11.9. The van der Waals surface area contributed by atoms with Crippen LogP contribution >= 0.6 is 23.2 Å². The summed E-state index contributed by atoms with van der Waals surface area (Å²) in [6, 6.07) is 8.95. The highest BCUT2D eigenvalue weighted by Gasteiger charge is 2.16. The molecular formula is C16H14Cl2N2O5. The Hall–Kier alpha value is -2.51. The highest BCUT2D eigenvalue weighted by Crippen LogP contribution is 2.35. The average molecular weight is 385 g/mol. The van der Waals surface area contributed by atoms with Crippen molar-refractivity contribution in [2.24, 2.45) is 0 Å². The molecule has 0 spiro atoms. The second-order valence-corrected chi connectivity index (χ2v) is 5.71. The maximum absolute atomic E-state index is 11.1. The summed E-state index contributed by atoms with van der Waals surface area (Å²) in [5.41, 5.74) is 0.0795. The molecule has 2 rings (SSSR count). The van der Waals surface area contributed by atoms with Crippen LogP contribution in [0.25, 0.3) is 0 Å². The molecule has 0 saturated carbocycles. The number of carbonyl (C=O) groups is 1. The van der Waals surface area contributed by atoms with Crippen LogP contribution in [0.2, 0.25) is 10.0 Å². The molecule has 0 fully saturated rings. The van der Waals surface area contributed by atoms with Gasteiger partial charge in [0.2, 0.25) is 0 Å². The number of halogens is 2. The minimum atomic E-state index is -0.528. The smallest absolute Gasteiger partial charge is 0.307 e. The highest BCUT2D eigenvalue weighted by molar-refractivity contribution is 6.35. The lowest BCUT2D eigenvalue weighted by Crippen LogP contribution is -2.10. The lowest BCUT2D eigenvalue weighted by Gasteiger charge is -2.11. The van der Waals surface area contributed by atoms with Gasteiger partial charge in [0.15, 0.2) is 0 Å². The molecule has 0 aromatic heterocycles. The lowest BCUT2D eigenvalue weighted by molar-refractivity contribution is -0.384. The second kappa shape index (κ2) is 8.55. The zero-order valence-electron chi connectivity index (χ0n) is 13.1. The third-order valence-electron chi connectivity index (χ3n) is 3.16. The first-order valence-corrected chi connectivity index (χ1v) is 7.88. The van der Waals surface area contributed by atoms with E-state index in [-0.39, 0.29) is 24.3 Å². The summed E-state index contributed by atoms with van der Waals surface area (Å²) in [5, 5.41) is 14.7. The first kappa shape index (κ1) is 18.8. The average Bonchev–Trinajstić information content (AvgIpc) is 2.57. The topological polar surface area (TPSA) is 90.7 Å². The summed E-state index contributed by atoms with van der Waals surface area (Å²) in [6.07, 6.45) is 0.0712. The predicted molar refractivity (Wildman–Crippen MR) is 94.8 cm³/mol. The van der Waals surface area contributed by atoms with Crippen molar-refractivity contribution in [1.82, 2.24) is 0 Å². The molecule has 1 N–H and O–H groups in total. The van der Waals surface area contributed by atoms with Gasteiger partial charge in [-0.25, -0.2) is 0 Å². The number of esters is 1. The Morgan fingerprint density at radius 2 is 2.00 bits per heavy atom. The third-order valence-corrected chi connectivity index (χ3v) is 3.69. The van der Waals surface area contributed by atoms with Crippen LogP contribution in [-0.4, -0.2) is 24.5 Å². The maximum Gasteiger partial charge on any atom is 0.307 e. The number of nitro benzene ring substituents is 1. The molecule has 0 amide bonds. The van der Waals surface area contributed by atoms with E-state index in [9.17, 15) is 14.9 Å². The fourth-order valence-electron chi connectivity index (χ4n) is 1.97. The number of rotatable bonds is 7. The van der Waals surface area contributed by atoms with E-state index in [1.54, 1.807) is 12.1 Å². The van der Waals surface area contributed by atoms with Gasteiger partial charge in [0.1, 0.15) is 17.2 Å². The summed E-state index contributed by atoms with van der Waals surface area (Å²) in [7, 11) is 1.27. The Labute approximate surface area is 153 Å². The molecule has 0 heterocycles. The van der Waals surface area contributed by atoms with Crippen LogP contribution in [0.5, 0.6) is 11.5 Å². The third kappa shape index (κ3) is 5.23. The molecular weight excluding hydrogens is 371 g/mol. The van der Waals surface area contributed by atoms with Crippen molar-refractivity contribution in [3.8, 4) is 11.5 Å². The molecule has 9 heteroatoms. The number of nitrogens with one attached hydrogen (secondary N) is 1. The fraction of sp³-hybridized carbons (Fsp3) is 0.188. The Bertz CT molecular complexity index is 798. The van der Waals surface area contributed by atoms with E-state index in [1.807, 2.05) is 0 Å². The maximum atomic E-state index is 11.1. The summed E-state index contributed by atoms with van der Waals surface area (Å²) in [4.78, 5) is 21.8. The molecule has 0 atom stereocenters. The van der Waals surface area contributed by atoms with Gasteiger partial charge in [0.05, 0.1) is 23.5 Å². The Kier molecular flexibility index (Phi) is 6.44. The van der Waals surface area contributed by atoms with E-state index in [0.717, 1.165) is 0 Å². The van der Waals surface area contributed by atoms with Crippen LogP contribution in [0.15, 0.2) is 36.4 Å². The minimum Gasteiger partial charge on any atom is -0.469 e. The normalized spacial score (nSPS) is 10.2. The Morgan fingerprint density at radius 3 is 2.64 bits per heavy atom. The quantitative estimate of drug-likeness (QED) is 0.423. The standard InChI is InChI=1S/C16H14Cl2N2O5/c1-24-16(21)6-7-19-13-9-11(3-4-14(13)20(22)23)25-15-5-2-10(17)8-12(15)18/h2-5,8-9,19H,6-7H2,1H3. The monoisotopic (exact) mass is 384 g/mol. The van der Waals surface area contributed by atoms with Crippen molar-refractivity contribution in [2.75, 3.05) is 19.0 Å². The molecule has 25 heavy (non-hydrogen) atoms. The first-order valence-electron chi connectivity index (χ1n) is 7.12. The van der Waals surface area contributed by atoms with E-state index in [0.29, 0.717) is 21.5 Å². The van der Waals surface area contributed by atoms with Crippen molar-refractivity contribution in [1.29, 1.82) is 0 Å². The Morgan fingerprint density at radius 1 is 1.24 bits per heavy atom. The summed E-state index contributed by atoms with van der Waals surface area (Å²) in [6.45, 7) is 0.179. The zero-order chi connectivity index (χ0) is 18.4. The number of nitrogens with zero attached hydrogens (tertiary/aromatic N) is 1. The van der Waals surface area contributed by atoms with E-state index >= 15 is 0 Å². The van der Waals surface area contributed by atoms with Gasteiger partial charge in [0, 0.05) is 23.7 Å². The minimum absolute atomic E-state index is 0.0712. The predicted octanol–water partition coefficient (Wildman–Crippen LogP) is 4.67. The number of nitro groups is 1. The molecule has 2 aromatic carbocycles. The van der Waals surface area contributed by atoms with Crippen LogP contribution in [0.1, 0.15) is 6.42 Å². The molecule has 0 aliphatic carbocycles. The number of hydrogen-bond acceptors (Lipinski definition) is 6. The van der Waals surface area contributed by atoms with Gasteiger partial charge >= 0.3 is 5.97 Å². The van der Waals surface area contributed by atoms with E-state index in [1.165, 1.54) is 31.4 Å². The molecule has 0 unspecified atom stereocenters. The molecule has 0 aliphatic heterocycles. The van der Waals surface area contributed by atoms with Gasteiger partial charge in [-0.05, 0) is 24.3 Å². The number of carbonyl (C=O) groups excluding carboxylic acids is 1. The number of benzene rings is 2. The Balaban J connectivity index is 2.20. The van der Waals surface area contributed by atoms with Gasteiger partial charge in [-0.1, -0.05) is 23.2 Å². The van der Waals surface area contributed by atoms with Crippen LogP contribution < -0.4 is 10.1 Å². The molecule has 2 aromatic rings. The van der Waals surface area contributed by atoms with Crippen LogP contribution in [0.3, 0.4) is 0 Å². The number of hydrogen-bond donors (Lipinski definition) is 1. The number of ether oxygens (including phenoxy) is 2. The molecule has 7 nitrogen and oxygen atoms in total. The number of anilines is 1. The highest BCUT2D eigenvalue weighted by atomic mass is 35.5. The van der Waals surface area contributed by atoms with E-state index < -0.39 is 10.9 Å². The van der Waals surface area contributed by atoms with Gasteiger partial charge in [-0.3, -0.25) is 14.9 Å². The number of methoxy groups -OCH3 is 1. The van der Waals surface area contributed by atoms with Crippen LogP contribution in [0, 0.1) is 10.1 Å². The van der Waals surface area contributed by atoms with Crippen molar-refractivity contribution in [2.45, 2.75) is 6.42 Å². The fourth-order valence-corrected chi connectivity index (χ4v) is 2.41. The lowest BCUT2D eigenvalue weighted by atomic mass is 10.2. The van der Waals surface area contributed by atoms with Gasteiger partial charge < -0.3 is 14.8 Å². The van der Waals surface area contributed by atoms with Crippen LogP contribution in [-0.2, 0) is 9.53 Å². The van der Waals surface area contributed by atoms with E-state index in [4.69, 9.17) is 27.9 Å². The molecule has 0 aliphatic rings. The molecule has 0 radical (unpaired) electrons. The van der Waals surface area contributed by atoms with Crippen molar-refractivity contribution >= 4 is 40.5 Å². The largest absolute Gasteiger partial charge is 0.469 e. The van der Waals surface area contributed by atoms with Gasteiger partial charge in [0.25, 0.3) is 5.69 Å². The molecule has 0 bridgehead atoms. The van der Waals surface area contributed by atoms with Crippen molar-refractivity contribution < 1.29 is 19.2 Å². The van der Waals surface area contributed by atoms with Gasteiger partial charge in [-0.2, -0.15) is 0 Å². The zero-order valence-corrected chi connectivity index (χ0v) is 14.6. The summed E-state index contributed by atoms with van der Waals surface area (Å²) < 4.78 is 10.2. The van der Waals surface area contributed by atoms with Gasteiger partial charge in [-0.15, -0.1) is 0 Å². The SMILES string of the molecule is COC(=O)CCNc1cc(Oc2ccc(Cl)cc2Cl)ccc1[N+](=O)[O-].